The summed E-state index contributed by atoms with van der Waals surface area (Å²) in [7, 11) is 0. The molecule has 8 nitrogen and oxygen atoms in total. The second kappa shape index (κ2) is 10.6. The number of hydrogen-bond acceptors (Lipinski definition) is 6. The first kappa shape index (κ1) is 24.1. The number of nitrogens with zero attached hydrogens (tertiary/aromatic N) is 5. The predicted octanol–water partition coefficient (Wildman–Crippen LogP) is 2.74. The van der Waals surface area contributed by atoms with Crippen LogP contribution in [-0.4, -0.2) is 84.5 Å². The van der Waals surface area contributed by atoms with Crippen LogP contribution in [0.2, 0.25) is 0 Å². The molecule has 3 aliphatic heterocycles. The molecule has 4 heterocycles. The first-order valence-electron chi connectivity index (χ1n) is 12.7. The van der Waals surface area contributed by atoms with Crippen LogP contribution in [0.15, 0.2) is 55.3 Å². The van der Waals surface area contributed by atoms with E-state index in [1.165, 1.54) is 12.1 Å². The summed E-state index contributed by atoms with van der Waals surface area (Å²) in [4.78, 5) is 37.3. The van der Waals surface area contributed by atoms with Crippen LogP contribution in [0.1, 0.15) is 19.3 Å². The Kier molecular flexibility index (Phi) is 7.06. The van der Waals surface area contributed by atoms with Gasteiger partial charge in [0.25, 0.3) is 0 Å². The first-order valence-corrected chi connectivity index (χ1v) is 12.7. The highest BCUT2D eigenvalue weighted by Crippen LogP contribution is 2.25. The van der Waals surface area contributed by atoms with Gasteiger partial charge in [0.05, 0.1) is 0 Å². The van der Waals surface area contributed by atoms with E-state index in [1.54, 1.807) is 17.0 Å². The minimum Gasteiger partial charge on any atom is -0.369 e. The van der Waals surface area contributed by atoms with Gasteiger partial charge in [-0.15, -0.1) is 0 Å². The van der Waals surface area contributed by atoms with E-state index in [4.69, 9.17) is 0 Å². The number of benzene rings is 1. The molecule has 0 radical (unpaired) electrons. The second-order valence-electron chi connectivity index (χ2n) is 9.66. The van der Waals surface area contributed by atoms with E-state index in [2.05, 4.69) is 32.7 Å². The number of piperazine rings is 1. The third-order valence-electron chi connectivity index (χ3n) is 7.41. The third-order valence-corrected chi connectivity index (χ3v) is 7.41. The molecule has 0 saturated carbocycles. The third kappa shape index (κ3) is 5.15. The van der Waals surface area contributed by atoms with Crippen LogP contribution < -0.4 is 15.1 Å². The quantitative estimate of drug-likeness (QED) is 0.626. The summed E-state index contributed by atoms with van der Waals surface area (Å²) in [5.41, 5.74) is 1.99. The molecule has 36 heavy (non-hydrogen) atoms. The fourth-order valence-corrected chi connectivity index (χ4v) is 5.33. The lowest BCUT2D eigenvalue weighted by Gasteiger charge is -2.44. The molecule has 2 aromatic rings. The molecule has 3 fully saturated rings. The minimum absolute atomic E-state index is 0.0355. The monoisotopic (exact) mass is 492 g/mol. The number of amides is 2. The van der Waals surface area contributed by atoms with Crippen molar-refractivity contribution in [2.75, 3.05) is 60.9 Å². The Hall–Kier alpha value is -3.62. The standard InChI is InChI=1S/C27H33FN6O2/c1-2-26(35)34-12-9-24(34)27(36)32-15-13-31(14-16-32)23-8-10-29-25(18-23)30-21-6-4-11-33(19-21)22-7-3-5-20(28)17-22/h2-3,5,7-8,10,17-18,21,24H,1,4,6,9,11-16,19H2,(H,29,30)/t21-,24?/m1/s1. The summed E-state index contributed by atoms with van der Waals surface area (Å²) >= 11 is 0. The van der Waals surface area contributed by atoms with E-state index in [0.29, 0.717) is 19.6 Å². The molecule has 5 rings (SSSR count). The molecule has 3 aliphatic rings. The van der Waals surface area contributed by atoms with Crippen LogP contribution in [0.3, 0.4) is 0 Å². The topological polar surface area (TPSA) is 72.0 Å². The number of hydrogen-bond donors (Lipinski definition) is 1. The Balaban J connectivity index is 1.16. The molecular weight excluding hydrogens is 459 g/mol. The molecule has 0 aliphatic carbocycles. The summed E-state index contributed by atoms with van der Waals surface area (Å²) in [6, 6.07) is 10.7. The van der Waals surface area contributed by atoms with E-state index in [-0.39, 0.29) is 29.7 Å². The van der Waals surface area contributed by atoms with Gasteiger partial charge in [0.2, 0.25) is 11.8 Å². The van der Waals surface area contributed by atoms with E-state index in [9.17, 15) is 14.0 Å². The zero-order valence-electron chi connectivity index (χ0n) is 20.5. The van der Waals surface area contributed by atoms with Crippen molar-refractivity contribution in [3.05, 3.63) is 61.1 Å². The van der Waals surface area contributed by atoms with Gasteiger partial charge in [-0.3, -0.25) is 9.59 Å². The molecule has 1 aromatic heterocycles. The highest BCUT2D eigenvalue weighted by Gasteiger charge is 2.39. The molecule has 190 valence electrons. The van der Waals surface area contributed by atoms with Crippen molar-refractivity contribution < 1.29 is 14.0 Å². The van der Waals surface area contributed by atoms with Crippen LogP contribution in [0.4, 0.5) is 21.6 Å². The summed E-state index contributed by atoms with van der Waals surface area (Å²) in [6.45, 7) is 8.57. The van der Waals surface area contributed by atoms with Gasteiger partial charge in [0.15, 0.2) is 0 Å². The maximum atomic E-state index is 13.7. The maximum Gasteiger partial charge on any atom is 0.246 e. The normalized spacial score (nSPS) is 22.1. The number of carbonyl (C=O) groups is 2. The number of pyridine rings is 1. The number of anilines is 3. The molecule has 9 heteroatoms. The highest BCUT2D eigenvalue weighted by molar-refractivity contribution is 5.94. The lowest BCUT2D eigenvalue weighted by atomic mass is 10.0. The Morgan fingerprint density at radius 3 is 2.53 bits per heavy atom. The number of carbonyl (C=O) groups excluding carboxylic acids is 2. The molecule has 1 unspecified atom stereocenters. The average Bonchev–Trinajstić information content (AvgIpc) is 2.88. The smallest absolute Gasteiger partial charge is 0.246 e. The van der Waals surface area contributed by atoms with Gasteiger partial charge >= 0.3 is 0 Å². The predicted molar refractivity (Wildman–Crippen MR) is 139 cm³/mol. The molecule has 1 aromatic carbocycles. The maximum absolute atomic E-state index is 13.7. The number of rotatable bonds is 6. The van der Waals surface area contributed by atoms with Gasteiger partial charge in [-0.2, -0.15) is 0 Å². The van der Waals surface area contributed by atoms with Gasteiger partial charge in [0.1, 0.15) is 17.7 Å². The average molecular weight is 493 g/mol. The van der Waals surface area contributed by atoms with Crippen molar-refractivity contribution in [2.45, 2.75) is 31.3 Å². The minimum atomic E-state index is -0.346. The fourth-order valence-electron chi connectivity index (χ4n) is 5.33. The molecule has 2 amide bonds. The van der Waals surface area contributed by atoms with Crippen molar-refractivity contribution in [1.29, 1.82) is 0 Å². The molecule has 3 saturated heterocycles. The SMILES string of the molecule is C=CC(=O)N1CCC1C(=O)N1CCN(c2ccnc(N[C@@H]3CCCN(c4cccc(F)c4)C3)c2)CC1. The lowest BCUT2D eigenvalue weighted by Crippen LogP contribution is -2.61. The molecule has 0 spiro atoms. The Morgan fingerprint density at radius 1 is 1.00 bits per heavy atom. The summed E-state index contributed by atoms with van der Waals surface area (Å²) in [5.74, 6) is 0.472. The van der Waals surface area contributed by atoms with Gasteiger partial charge in [-0.1, -0.05) is 12.6 Å². The van der Waals surface area contributed by atoms with Crippen molar-refractivity contribution in [3.8, 4) is 0 Å². The summed E-state index contributed by atoms with van der Waals surface area (Å²) in [6.07, 6.45) is 5.87. The zero-order chi connectivity index (χ0) is 25.1. The Bertz CT molecular complexity index is 1120. The zero-order valence-corrected chi connectivity index (χ0v) is 20.5. The molecule has 0 bridgehead atoms. The summed E-state index contributed by atoms with van der Waals surface area (Å²) in [5, 5.41) is 3.57. The lowest BCUT2D eigenvalue weighted by molar-refractivity contribution is -0.150. The number of likely N-dealkylation sites (tertiary alicyclic amines) is 1. The van der Waals surface area contributed by atoms with Crippen LogP contribution in [0.5, 0.6) is 0 Å². The Labute approximate surface area is 211 Å². The number of nitrogens with one attached hydrogen (secondary N) is 1. The Morgan fingerprint density at radius 2 is 1.81 bits per heavy atom. The summed E-state index contributed by atoms with van der Waals surface area (Å²) < 4.78 is 13.7. The molecular formula is C27H33FN6O2. The van der Waals surface area contributed by atoms with Gasteiger partial charge in [-0.05, 0) is 49.6 Å². The van der Waals surface area contributed by atoms with Crippen molar-refractivity contribution in [1.82, 2.24) is 14.8 Å². The first-order chi connectivity index (χ1) is 17.5. The number of halogens is 1. The highest BCUT2D eigenvalue weighted by atomic mass is 19.1. The van der Waals surface area contributed by atoms with Crippen molar-refractivity contribution >= 4 is 29.0 Å². The number of piperidine rings is 1. The van der Waals surface area contributed by atoms with Crippen LogP contribution in [0.25, 0.3) is 0 Å². The number of aromatic nitrogens is 1. The van der Waals surface area contributed by atoms with E-state index >= 15 is 0 Å². The van der Waals surface area contributed by atoms with Crippen molar-refractivity contribution in [3.63, 3.8) is 0 Å². The largest absolute Gasteiger partial charge is 0.369 e. The van der Waals surface area contributed by atoms with Crippen molar-refractivity contribution in [2.24, 2.45) is 0 Å². The van der Waals surface area contributed by atoms with E-state index in [1.807, 2.05) is 23.2 Å². The van der Waals surface area contributed by atoms with Crippen LogP contribution in [0, 0.1) is 5.82 Å². The second-order valence-corrected chi connectivity index (χ2v) is 9.66. The van der Waals surface area contributed by atoms with Crippen LogP contribution >= 0.6 is 0 Å². The van der Waals surface area contributed by atoms with Crippen LogP contribution in [-0.2, 0) is 9.59 Å². The van der Waals surface area contributed by atoms with Gasteiger partial charge in [0, 0.05) is 75.5 Å². The molecule has 1 N–H and O–H groups in total. The van der Waals surface area contributed by atoms with Gasteiger partial charge < -0.3 is 24.9 Å². The van der Waals surface area contributed by atoms with Gasteiger partial charge in [-0.25, -0.2) is 9.37 Å². The molecule has 2 atom stereocenters. The van der Waals surface area contributed by atoms with E-state index in [0.717, 1.165) is 62.6 Å². The van der Waals surface area contributed by atoms with E-state index < -0.39 is 0 Å². The fraction of sp³-hybridized carbons (Fsp3) is 0.444.